The van der Waals surface area contributed by atoms with Crippen LogP contribution in [-0.2, 0) is 32.3 Å². The van der Waals surface area contributed by atoms with Crippen LogP contribution >= 0.6 is 11.6 Å². The lowest BCUT2D eigenvalue weighted by Crippen LogP contribution is -2.53. The number of nitrogens with zero attached hydrogens (tertiary/aromatic N) is 2. The Balaban J connectivity index is 2.52. The number of benzene rings is 2. The zero-order valence-corrected chi connectivity index (χ0v) is 22.9. The molecule has 210 valence electrons. The number of nitrogens with one attached hydrogen (secondary N) is 1. The standard InChI is InChI=1S/C25H30ClF4N3O4S/c1-5-16(3)31-24(35)22(6-2)32(14-17-7-9-18(27)10-8-17)23(34)15-33(38(4,36)37)19-11-12-21(26)20(13-19)25(28,29)30/h7-13,16,22H,5-6,14-15H2,1-4H3,(H,31,35)/t16-,22-/m1/s1. The van der Waals surface area contributed by atoms with Crippen LogP contribution in [-0.4, -0.2) is 50.0 Å². The molecule has 2 amide bonds. The van der Waals surface area contributed by atoms with Crippen molar-refractivity contribution in [3.05, 3.63) is 64.4 Å². The van der Waals surface area contributed by atoms with Crippen LogP contribution in [0.25, 0.3) is 0 Å². The molecule has 0 aromatic heterocycles. The molecule has 0 saturated carbocycles. The predicted molar refractivity (Wildman–Crippen MR) is 138 cm³/mol. The van der Waals surface area contributed by atoms with Crippen LogP contribution in [0.3, 0.4) is 0 Å². The average Bonchev–Trinajstić information content (AvgIpc) is 2.82. The molecule has 0 aliphatic rings. The second-order valence-electron chi connectivity index (χ2n) is 8.82. The van der Waals surface area contributed by atoms with E-state index in [0.717, 1.165) is 23.3 Å². The molecule has 0 heterocycles. The van der Waals surface area contributed by atoms with Crippen LogP contribution < -0.4 is 9.62 Å². The quantitative estimate of drug-likeness (QED) is 0.380. The third kappa shape index (κ3) is 8.32. The number of sulfonamides is 1. The van der Waals surface area contributed by atoms with Gasteiger partial charge < -0.3 is 10.2 Å². The van der Waals surface area contributed by atoms with Crippen molar-refractivity contribution in [3.63, 3.8) is 0 Å². The highest BCUT2D eigenvalue weighted by atomic mass is 35.5. The predicted octanol–water partition coefficient (Wildman–Crippen LogP) is 4.99. The summed E-state index contributed by atoms with van der Waals surface area (Å²) >= 11 is 5.67. The number of halogens is 5. The monoisotopic (exact) mass is 579 g/mol. The maximum Gasteiger partial charge on any atom is 0.417 e. The minimum atomic E-state index is -4.86. The van der Waals surface area contributed by atoms with Crippen molar-refractivity contribution in [2.24, 2.45) is 0 Å². The smallest absolute Gasteiger partial charge is 0.352 e. The Hall–Kier alpha value is -2.86. The lowest BCUT2D eigenvalue weighted by molar-refractivity contribution is -0.140. The van der Waals surface area contributed by atoms with E-state index in [-0.39, 0.29) is 19.0 Å². The van der Waals surface area contributed by atoms with E-state index in [0.29, 0.717) is 22.4 Å². The van der Waals surface area contributed by atoms with Gasteiger partial charge in [0.2, 0.25) is 21.8 Å². The molecule has 0 aliphatic carbocycles. The van der Waals surface area contributed by atoms with Gasteiger partial charge >= 0.3 is 6.18 Å². The summed E-state index contributed by atoms with van der Waals surface area (Å²) in [5.41, 5.74) is -1.22. The van der Waals surface area contributed by atoms with E-state index in [9.17, 15) is 35.6 Å². The summed E-state index contributed by atoms with van der Waals surface area (Å²) in [5, 5.41) is 2.16. The molecule has 2 aromatic rings. The number of rotatable bonds is 11. The van der Waals surface area contributed by atoms with Gasteiger partial charge in [-0.2, -0.15) is 13.2 Å². The molecular weight excluding hydrogens is 550 g/mol. The lowest BCUT2D eigenvalue weighted by atomic mass is 10.1. The van der Waals surface area contributed by atoms with E-state index >= 15 is 0 Å². The van der Waals surface area contributed by atoms with E-state index in [1.807, 2.05) is 6.92 Å². The number of amides is 2. The van der Waals surface area contributed by atoms with Crippen LogP contribution in [0.4, 0.5) is 23.2 Å². The highest BCUT2D eigenvalue weighted by molar-refractivity contribution is 7.92. The second-order valence-corrected chi connectivity index (χ2v) is 11.1. The Labute approximate surface area is 224 Å². The molecule has 0 radical (unpaired) electrons. The Bertz CT molecular complexity index is 1240. The van der Waals surface area contributed by atoms with E-state index in [2.05, 4.69) is 5.32 Å². The van der Waals surface area contributed by atoms with Crippen molar-refractivity contribution in [2.75, 3.05) is 17.1 Å². The molecule has 2 rings (SSSR count). The summed E-state index contributed by atoms with van der Waals surface area (Å²) in [7, 11) is -4.25. The molecule has 2 aromatic carbocycles. The number of carbonyl (C=O) groups excluding carboxylic acids is 2. The molecular formula is C25H30ClF4N3O4S. The summed E-state index contributed by atoms with van der Waals surface area (Å²) in [6.45, 7) is 4.25. The SMILES string of the molecule is CC[C@@H](C)NC(=O)[C@@H](CC)N(Cc1ccc(F)cc1)C(=O)CN(c1ccc(Cl)c(C(F)(F)F)c1)S(C)(=O)=O. The summed E-state index contributed by atoms with van der Waals surface area (Å²) in [6, 6.07) is 6.45. The van der Waals surface area contributed by atoms with Crippen molar-refractivity contribution in [1.82, 2.24) is 10.2 Å². The van der Waals surface area contributed by atoms with Crippen LogP contribution in [0, 0.1) is 5.82 Å². The van der Waals surface area contributed by atoms with Crippen molar-refractivity contribution < 1.29 is 35.6 Å². The van der Waals surface area contributed by atoms with Crippen LogP contribution in [0.1, 0.15) is 44.7 Å². The van der Waals surface area contributed by atoms with Gasteiger partial charge in [-0.1, -0.05) is 37.6 Å². The first-order valence-corrected chi connectivity index (χ1v) is 14.0. The maximum atomic E-state index is 13.6. The van der Waals surface area contributed by atoms with Gasteiger partial charge in [0.05, 0.1) is 22.5 Å². The molecule has 7 nitrogen and oxygen atoms in total. The molecule has 0 saturated heterocycles. The summed E-state index contributed by atoms with van der Waals surface area (Å²) in [4.78, 5) is 27.8. The summed E-state index contributed by atoms with van der Waals surface area (Å²) < 4.78 is 79.5. The number of carbonyl (C=O) groups is 2. The van der Waals surface area contributed by atoms with E-state index in [1.54, 1.807) is 13.8 Å². The van der Waals surface area contributed by atoms with Crippen LogP contribution in [0.5, 0.6) is 0 Å². The van der Waals surface area contributed by atoms with Gasteiger partial charge in [0, 0.05) is 12.6 Å². The molecule has 0 spiro atoms. The molecule has 2 atom stereocenters. The highest BCUT2D eigenvalue weighted by Gasteiger charge is 2.36. The number of alkyl halides is 3. The Morgan fingerprint density at radius 3 is 2.16 bits per heavy atom. The average molecular weight is 580 g/mol. The van der Waals surface area contributed by atoms with Gasteiger partial charge in [0.15, 0.2) is 0 Å². The second kappa shape index (κ2) is 12.8. The molecule has 13 heteroatoms. The Morgan fingerprint density at radius 2 is 1.66 bits per heavy atom. The van der Waals surface area contributed by atoms with Crippen molar-refractivity contribution in [2.45, 2.75) is 58.4 Å². The van der Waals surface area contributed by atoms with Crippen LogP contribution in [0.2, 0.25) is 5.02 Å². The van der Waals surface area contributed by atoms with E-state index in [4.69, 9.17) is 11.6 Å². The van der Waals surface area contributed by atoms with E-state index < -0.39 is 62.7 Å². The van der Waals surface area contributed by atoms with Crippen molar-refractivity contribution >= 4 is 39.1 Å². The Morgan fingerprint density at radius 1 is 1.05 bits per heavy atom. The lowest BCUT2D eigenvalue weighted by Gasteiger charge is -2.33. The van der Waals surface area contributed by atoms with Crippen LogP contribution in [0.15, 0.2) is 42.5 Å². The first-order valence-electron chi connectivity index (χ1n) is 11.8. The van der Waals surface area contributed by atoms with Gasteiger partial charge in [-0.25, -0.2) is 12.8 Å². The summed E-state index contributed by atoms with van der Waals surface area (Å²) in [5.74, 6) is -1.83. The maximum absolute atomic E-state index is 13.6. The molecule has 0 fully saturated rings. The van der Waals surface area contributed by atoms with Crippen molar-refractivity contribution in [1.29, 1.82) is 0 Å². The molecule has 38 heavy (non-hydrogen) atoms. The van der Waals surface area contributed by atoms with Gasteiger partial charge in [0.25, 0.3) is 0 Å². The highest BCUT2D eigenvalue weighted by Crippen LogP contribution is 2.37. The fourth-order valence-corrected chi connectivity index (χ4v) is 4.71. The normalized spacial score (nSPS) is 13.5. The van der Waals surface area contributed by atoms with Gasteiger partial charge in [-0.15, -0.1) is 0 Å². The molecule has 0 aliphatic heterocycles. The fourth-order valence-electron chi connectivity index (χ4n) is 3.65. The van der Waals surface area contributed by atoms with Gasteiger partial charge in [0.1, 0.15) is 18.4 Å². The Kier molecular flexibility index (Phi) is 10.6. The first kappa shape index (κ1) is 31.4. The van der Waals surface area contributed by atoms with Gasteiger partial charge in [-0.05, 0) is 55.7 Å². The zero-order chi connectivity index (χ0) is 28.8. The largest absolute Gasteiger partial charge is 0.417 e. The fraction of sp³-hybridized carbons (Fsp3) is 0.440. The third-order valence-electron chi connectivity index (χ3n) is 5.88. The number of hydrogen-bond acceptors (Lipinski definition) is 4. The first-order chi connectivity index (χ1) is 17.6. The summed E-state index contributed by atoms with van der Waals surface area (Å²) in [6.07, 6.45) is -3.34. The van der Waals surface area contributed by atoms with Crippen molar-refractivity contribution in [3.8, 4) is 0 Å². The molecule has 1 N–H and O–H groups in total. The third-order valence-corrected chi connectivity index (χ3v) is 7.35. The zero-order valence-electron chi connectivity index (χ0n) is 21.4. The van der Waals surface area contributed by atoms with Gasteiger partial charge in [-0.3, -0.25) is 13.9 Å². The minimum absolute atomic E-state index is 0.160. The van der Waals surface area contributed by atoms with E-state index in [1.165, 1.54) is 24.3 Å². The minimum Gasteiger partial charge on any atom is -0.352 e. The topological polar surface area (TPSA) is 86.8 Å². The number of anilines is 1. The molecule has 0 unspecified atom stereocenters. The molecule has 0 bridgehead atoms. The number of hydrogen-bond donors (Lipinski definition) is 1.